The van der Waals surface area contributed by atoms with E-state index < -0.39 is 26.1 Å². The van der Waals surface area contributed by atoms with Crippen molar-refractivity contribution in [1.29, 1.82) is 0 Å². The number of carbonyl (C=O) groups excluding carboxylic acids is 1. The van der Waals surface area contributed by atoms with Gasteiger partial charge in [0, 0.05) is 66.8 Å². The molecule has 19 nitrogen and oxygen atoms in total. The number of nitrogens with two attached hydrogens (primary N) is 2. The van der Waals surface area contributed by atoms with E-state index in [2.05, 4.69) is 42.3 Å². The fraction of sp³-hybridized carbons (Fsp3) is 0.356. The van der Waals surface area contributed by atoms with E-state index in [1.54, 1.807) is 42.6 Å². The summed E-state index contributed by atoms with van der Waals surface area (Å²) in [6, 6.07) is 17.7. The lowest BCUT2D eigenvalue weighted by molar-refractivity contribution is 0.256. The molecule has 4 heterocycles. The Kier molecular flexibility index (Phi) is 16.2. The van der Waals surface area contributed by atoms with Crippen LogP contribution < -0.4 is 30.4 Å². The molecule has 21 heteroatoms. The van der Waals surface area contributed by atoms with Crippen molar-refractivity contribution in [3.63, 3.8) is 0 Å². The molecule has 6 N–H and O–H groups in total. The number of methoxy groups -OCH3 is 2. The van der Waals surface area contributed by atoms with Crippen LogP contribution in [0.3, 0.4) is 0 Å². The number of rotatable bonds is 14. The number of fused-ring (bicyclic) bond motifs is 2. The molecule has 0 saturated carbocycles. The minimum atomic E-state index is -4.14. The monoisotopic (exact) mass is 942 g/mol. The number of nitrogens with zero attached hydrogens (tertiary/aromatic N) is 8. The second kappa shape index (κ2) is 21.7. The number of amides is 2. The molecule has 0 unspecified atom stereocenters. The Hall–Kier alpha value is -6.39. The van der Waals surface area contributed by atoms with E-state index in [1.165, 1.54) is 41.5 Å². The van der Waals surface area contributed by atoms with Crippen LogP contribution in [0.5, 0.6) is 11.8 Å². The van der Waals surface area contributed by atoms with Crippen LogP contribution in [0.4, 0.5) is 16.2 Å². The van der Waals surface area contributed by atoms with Gasteiger partial charge in [-0.1, -0.05) is 24.3 Å². The predicted molar refractivity (Wildman–Crippen MR) is 253 cm³/mol. The molecule has 0 bridgehead atoms. The van der Waals surface area contributed by atoms with Gasteiger partial charge in [0.2, 0.25) is 11.8 Å². The third kappa shape index (κ3) is 12.7. The minimum absolute atomic E-state index is 0.0868. The van der Waals surface area contributed by atoms with Gasteiger partial charge in [-0.3, -0.25) is 9.36 Å². The lowest BCUT2D eigenvalue weighted by Gasteiger charge is -2.17. The molecular formula is C45H58N12O7S2. The number of carbonyl (C=O) groups is 1. The first-order chi connectivity index (χ1) is 31.4. The molecule has 0 aliphatic heterocycles. The molecule has 0 saturated heterocycles. The van der Waals surface area contributed by atoms with Gasteiger partial charge in [0.1, 0.15) is 0 Å². The van der Waals surface area contributed by atoms with Crippen molar-refractivity contribution in [3.05, 3.63) is 108 Å². The lowest BCUT2D eigenvalue weighted by Crippen LogP contribution is -2.35. The molecule has 352 valence electrons. The third-order valence-corrected chi connectivity index (χ3v) is 13.0. The normalized spacial score (nSPS) is 13.0. The number of hydrogen-bond acceptors (Lipinski definition) is 14. The predicted octanol–water partition coefficient (Wildman–Crippen LogP) is 4.43. The zero-order valence-corrected chi connectivity index (χ0v) is 39.7. The first-order valence-corrected chi connectivity index (χ1v) is 24.3. The standard InChI is InChI=1S/C23H28N6O4S.C15H16N2O.C7H14N4O2S/c1-28(2)13-14-29-12-10-21(26-29)34(31,32)27-23(30)25-22-18-6-4-5-16(18)7-8-19(22)17-9-11-24-20(15-17)33-3;1-18-14-9-11(7-8-17-14)13-6-5-10-3-2-4-12(10)15(13)16;1-10(2)5-6-11-4-3-7(9-11)14(8,12)13/h7-12,15H,4-6,13-14H2,1-3H3,(H2,25,27,30);5-9H,2-4,16H2,1H3;3-4H,5-6H2,1-2H3,(H2,8,12,13). The number of primary sulfonamides is 1. The minimum Gasteiger partial charge on any atom is -0.481 e. The molecule has 0 spiro atoms. The van der Waals surface area contributed by atoms with E-state index in [0.717, 1.165) is 77.7 Å². The average molecular weight is 943 g/mol. The molecule has 8 rings (SSSR count). The number of benzene rings is 2. The first-order valence-electron chi connectivity index (χ1n) is 21.2. The molecule has 4 aromatic heterocycles. The zero-order valence-electron chi connectivity index (χ0n) is 38.1. The van der Waals surface area contributed by atoms with E-state index in [1.807, 2.05) is 68.3 Å². The highest BCUT2D eigenvalue weighted by Gasteiger charge is 2.25. The summed E-state index contributed by atoms with van der Waals surface area (Å²) in [4.78, 5) is 25.1. The molecule has 0 radical (unpaired) electrons. The third-order valence-electron chi connectivity index (χ3n) is 10.9. The van der Waals surface area contributed by atoms with Gasteiger partial charge >= 0.3 is 6.03 Å². The van der Waals surface area contributed by atoms with Crippen molar-refractivity contribution in [2.75, 3.05) is 66.6 Å². The number of urea groups is 1. The van der Waals surface area contributed by atoms with E-state index in [0.29, 0.717) is 37.1 Å². The number of hydrogen-bond donors (Lipinski definition) is 4. The number of aromatic nitrogens is 6. The number of nitrogen functional groups attached to an aromatic ring is 1. The maximum Gasteiger partial charge on any atom is 0.333 e. The maximum atomic E-state index is 12.9. The number of ether oxygens (including phenoxy) is 2. The number of nitrogens with one attached hydrogen (secondary N) is 2. The molecule has 6 aromatic rings. The Morgan fingerprint density at radius 2 is 1.20 bits per heavy atom. The van der Waals surface area contributed by atoms with Gasteiger partial charge in [-0.25, -0.2) is 33.0 Å². The van der Waals surface area contributed by atoms with Gasteiger partial charge in [-0.15, -0.1) is 0 Å². The molecule has 2 aromatic carbocycles. The Labute approximate surface area is 386 Å². The SMILES string of the molecule is CN(C)CCn1ccc(S(N)(=O)=O)n1.COc1cc(-c2ccc3c(c2N)CCC3)ccn1.COc1cc(-c2ccc3c(c2NC(=O)NS(=O)(=O)c2ccn(CCN(C)C)n2)CCC3)ccn1. The van der Waals surface area contributed by atoms with Crippen LogP contribution in [0.25, 0.3) is 22.3 Å². The maximum absolute atomic E-state index is 12.9. The number of aryl methyl sites for hydroxylation is 2. The Morgan fingerprint density at radius 3 is 1.73 bits per heavy atom. The fourth-order valence-corrected chi connectivity index (χ4v) is 8.84. The van der Waals surface area contributed by atoms with Crippen LogP contribution in [-0.2, 0) is 58.8 Å². The highest BCUT2D eigenvalue weighted by Crippen LogP contribution is 2.39. The Morgan fingerprint density at radius 1 is 0.697 bits per heavy atom. The quantitative estimate of drug-likeness (QED) is 0.110. The van der Waals surface area contributed by atoms with Crippen molar-refractivity contribution >= 4 is 37.5 Å². The second-order valence-electron chi connectivity index (χ2n) is 16.2. The van der Waals surface area contributed by atoms with Crippen molar-refractivity contribution in [2.45, 2.75) is 61.7 Å². The van der Waals surface area contributed by atoms with E-state index in [-0.39, 0.29) is 10.1 Å². The van der Waals surface area contributed by atoms with Crippen LogP contribution in [0, 0.1) is 0 Å². The van der Waals surface area contributed by atoms with Gasteiger partial charge in [0.25, 0.3) is 20.0 Å². The van der Waals surface area contributed by atoms with Crippen LogP contribution in [0.2, 0.25) is 0 Å². The molecule has 66 heavy (non-hydrogen) atoms. The summed E-state index contributed by atoms with van der Waals surface area (Å²) in [7, 11) is 3.07. The summed E-state index contributed by atoms with van der Waals surface area (Å²) in [5.74, 6) is 1.06. The Bertz CT molecular complexity index is 2860. The van der Waals surface area contributed by atoms with Crippen molar-refractivity contribution in [1.82, 2.24) is 44.1 Å². The van der Waals surface area contributed by atoms with E-state index in [9.17, 15) is 21.6 Å². The van der Waals surface area contributed by atoms with Crippen molar-refractivity contribution in [2.24, 2.45) is 5.14 Å². The number of pyridine rings is 2. The highest BCUT2D eigenvalue weighted by atomic mass is 32.2. The van der Waals surface area contributed by atoms with Gasteiger partial charge in [-0.05, 0) is 124 Å². The summed E-state index contributed by atoms with van der Waals surface area (Å²) in [6.07, 6.45) is 12.7. The van der Waals surface area contributed by atoms with Crippen molar-refractivity contribution < 1.29 is 31.1 Å². The smallest absolute Gasteiger partial charge is 0.333 e. The number of sulfonamides is 2. The molecule has 2 aliphatic carbocycles. The average Bonchev–Trinajstić information content (AvgIpc) is 4.13. The summed E-state index contributed by atoms with van der Waals surface area (Å²) in [5.41, 5.74) is 16.4. The van der Waals surface area contributed by atoms with Crippen LogP contribution >= 0.6 is 0 Å². The zero-order chi connectivity index (χ0) is 47.6. The van der Waals surface area contributed by atoms with Crippen LogP contribution in [-0.4, -0.2) is 118 Å². The Balaban J connectivity index is 0.000000187. The van der Waals surface area contributed by atoms with Gasteiger partial charge in [0.05, 0.1) is 33.0 Å². The van der Waals surface area contributed by atoms with Crippen LogP contribution in [0.15, 0.2) is 95.5 Å². The summed E-state index contributed by atoms with van der Waals surface area (Å²) >= 11 is 0. The molecule has 0 fully saturated rings. The summed E-state index contributed by atoms with van der Waals surface area (Å²) in [5, 5.41) is 15.3. The van der Waals surface area contributed by atoms with Gasteiger partial charge < -0.3 is 30.3 Å². The second-order valence-corrected chi connectivity index (χ2v) is 19.4. The fourth-order valence-electron chi connectivity index (χ4n) is 7.52. The number of likely N-dealkylation sites (N-methyl/N-ethyl adjacent to an activating group) is 2. The largest absolute Gasteiger partial charge is 0.481 e. The first kappa shape index (κ1) is 49.1. The topological polar surface area (TPSA) is 248 Å². The van der Waals surface area contributed by atoms with Crippen molar-refractivity contribution in [3.8, 4) is 34.0 Å². The van der Waals surface area contributed by atoms with Crippen LogP contribution in [0.1, 0.15) is 35.1 Å². The summed E-state index contributed by atoms with van der Waals surface area (Å²) < 4.78 is 62.9. The molecule has 0 atom stereocenters. The van der Waals surface area contributed by atoms with E-state index in [4.69, 9.17) is 20.3 Å². The molecule has 2 amide bonds. The summed E-state index contributed by atoms with van der Waals surface area (Å²) in [6.45, 7) is 2.68. The van der Waals surface area contributed by atoms with Gasteiger partial charge in [0.15, 0.2) is 10.1 Å². The highest BCUT2D eigenvalue weighted by molar-refractivity contribution is 7.90. The molecule has 2 aliphatic rings. The van der Waals surface area contributed by atoms with E-state index >= 15 is 0 Å². The van der Waals surface area contributed by atoms with Gasteiger partial charge in [-0.2, -0.15) is 18.6 Å². The lowest BCUT2D eigenvalue weighted by atomic mass is 9.98. The molecular weight excluding hydrogens is 885 g/mol. The number of anilines is 2.